The minimum atomic E-state index is 0.488. The van der Waals surface area contributed by atoms with Crippen molar-refractivity contribution in [1.29, 1.82) is 0 Å². The molecule has 1 aliphatic carbocycles. The van der Waals surface area contributed by atoms with Crippen molar-refractivity contribution < 1.29 is 4.74 Å². The summed E-state index contributed by atoms with van der Waals surface area (Å²) in [6.07, 6.45) is 9.57. The monoisotopic (exact) mass is 199 g/mol. The van der Waals surface area contributed by atoms with Crippen molar-refractivity contribution in [1.82, 2.24) is 5.32 Å². The molecule has 0 amide bonds. The summed E-state index contributed by atoms with van der Waals surface area (Å²) >= 11 is 0. The first-order chi connectivity index (χ1) is 6.88. The van der Waals surface area contributed by atoms with Crippen LogP contribution in [0.4, 0.5) is 0 Å². The van der Waals surface area contributed by atoms with Gasteiger partial charge in [0.05, 0.1) is 6.10 Å². The minimum absolute atomic E-state index is 0.488. The summed E-state index contributed by atoms with van der Waals surface area (Å²) in [5, 5.41) is 3.34. The standard InChI is InChI=1S/C12H25NO/c1-3-4-5-6-10-14-12-9-7-8-11(12)13-2/h11-13H,3-10H2,1-2H3. The predicted octanol–water partition coefficient (Wildman–Crippen LogP) is 2.72. The Hall–Kier alpha value is -0.0800. The summed E-state index contributed by atoms with van der Waals surface area (Å²) in [5.41, 5.74) is 0. The number of rotatable bonds is 7. The van der Waals surface area contributed by atoms with Gasteiger partial charge in [-0.25, -0.2) is 0 Å². The van der Waals surface area contributed by atoms with Crippen LogP contribution in [0.15, 0.2) is 0 Å². The van der Waals surface area contributed by atoms with Crippen molar-refractivity contribution in [3.05, 3.63) is 0 Å². The highest BCUT2D eigenvalue weighted by molar-refractivity contribution is 4.82. The van der Waals surface area contributed by atoms with Gasteiger partial charge in [-0.2, -0.15) is 0 Å². The fraction of sp³-hybridized carbons (Fsp3) is 1.00. The highest BCUT2D eigenvalue weighted by atomic mass is 16.5. The highest BCUT2D eigenvalue weighted by Crippen LogP contribution is 2.22. The van der Waals surface area contributed by atoms with E-state index in [2.05, 4.69) is 12.2 Å². The maximum absolute atomic E-state index is 5.89. The molecule has 0 saturated heterocycles. The molecule has 0 spiro atoms. The van der Waals surface area contributed by atoms with E-state index >= 15 is 0 Å². The third-order valence-electron chi connectivity index (χ3n) is 3.15. The van der Waals surface area contributed by atoms with Crippen LogP contribution in [0.5, 0.6) is 0 Å². The summed E-state index contributed by atoms with van der Waals surface area (Å²) in [5.74, 6) is 0. The Balaban J connectivity index is 2.00. The van der Waals surface area contributed by atoms with Crippen LogP contribution in [0.2, 0.25) is 0 Å². The number of nitrogens with one attached hydrogen (secondary N) is 1. The first kappa shape index (κ1) is 12.0. The van der Waals surface area contributed by atoms with Gasteiger partial charge in [-0.05, 0) is 32.7 Å². The second kappa shape index (κ2) is 7.24. The molecule has 14 heavy (non-hydrogen) atoms. The van der Waals surface area contributed by atoms with Gasteiger partial charge in [0.1, 0.15) is 0 Å². The molecular formula is C12H25NO. The highest BCUT2D eigenvalue weighted by Gasteiger charge is 2.25. The van der Waals surface area contributed by atoms with Gasteiger partial charge in [0.25, 0.3) is 0 Å². The number of hydrogen-bond donors (Lipinski definition) is 1. The fourth-order valence-corrected chi connectivity index (χ4v) is 2.22. The molecule has 1 N–H and O–H groups in total. The average molecular weight is 199 g/mol. The van der Waals surface area contributed by atoms with Crippen LogP contribution in [0, 0.1) is 0 Å². The number of hydrogen-bond acceptors (Lipinski definition) is 2. The predicted molar refractivity (Wildman–Crippen MR) is 60.6 cm³/mol. The SMILES string of the molecule is CCCCCCOC1CCCC1NC. The molecule has 1 rings (SSSR count). The Morgan fingerprint density at radius 3 is 2.79 bits per heavy atom. The van der Waals surface area contributed by atoms with Crippen LogP contribution in [-0.2, 0) is 4.74 Å². The molecule has 0 radical (unpaired) electrons. The van der Waals surface area contributed by atoms with E-state index in [1.165, 1.54) is 44.9 Å². The van der Waals surface area contributed by atoms with Crippen molar-refractivity contribution in [2.45, 2.75) is 64.0 Å². The number of unbranched alkanes of at least 4 members (excludes halogenated alkanes) is 3. The second-order valence-corrected chi connectivity index (χ2v) is 4.30. The largest absolute Gasteiger partial charge is 0.377 e. The van der Waals surface area contributed by atoms with E-state index in [0.717, 1.165) is 6.61 Å². The Morgan fingerprint density at radius 1 is 1.21 bits per heavy atom. The van der Waals surface area contributed by atoms with Gasteiger partial charge in [-0.3, -0.25) is 0 Å². The van der Waals surface area contributed by atoms with E-state index < -0.39 is 0 Å². The average Bonchev–Trinajstić information content (AvgIpc) is 2.65. The van der Waals surface area contributed by atoms with Crippen molar-refractivity contribution >= 4 is 0 Å². The molecule has 0 aromatic heterocycles. The molecule has 2 heteroatoms. The van der Waals surface area contributed by atoms with Crippen LogP contribution in [0.25, 0.3) is 0 Å². The van der Waals surface area contributed by atoms with E-state index in [0.29, 0.717) is 12.1 Å². The Kier molecular flexibility index (Phi) is 6.20. The summed E-state index contributed by atoms with van der Waals surface area (Å²) in [4.78, 5) is 0. The van der Waals surface area contributed by atoms with Gasteiger partial charge in [0.2, 0.25) is 0 Å². The normalized spacial score (nSPS) is 27.0. The fourth-order valence-electron chi connectivity index (χ4n) is 2.22. The molecule has 2 unspecified atom stereocenters. The molecule has 0 aromatic carbocycles. The lowest BCUT2D eigenvalue weighted by Crippen LogP contribution is -2.34. The lowest BCUT2D eigenvalue weighted by atomic mass is 10.2. The summed E-state index contributed by atoms with van der Waals surface area (Å²) < 4.78 is 5.89. The maximum Gasteiger partial charge on any atom is 0.0727 e. The number of likely N-dealkylation sites (N-methyl/N-ethyl adjacent to an activating group) is 1. The molecule has 84 valence electrons. The molecule has 2 nitrogen and oxygen atoms in total. The van der Waals surface area contributed by atoms with E-state index in [9.17, 15) is 0 Å². The molecule has 1 aliphatic rings. The van der Waals surface area contributed by atoms with Crippen molar-refractivity contribution in [2.24, 2.45) is 0 Å². The first-order valence-corrected chi connectivity index (χ1v) is 6.17. The van der Waals surface area contributed by atoms with Crippen LogP contribution in [0.1, 0.15) is 51.9 Å². The molecule has 0 heterocycles. The third kappa shape index (κ3) is 3.97. The van der Waals surface area contributed by atoms with Gasteiger partial charge in [0.15, 0.2) is 0 Å². The van der Waals surface area contributed by atoms with Gasteiger partial charge >= 0.3 is 0 Å². The summed E-state index contributed by atoms with van der Waals surface area (Å²) in [7, 11) is 2.05. The zero-order valence-corrected chi connectivity index (χ0v) is 9.72. The van der Waals surface area contributed by atoms with Gasteiger partial charge < -0.3 is 10.1 Å². The zero-order valence-electron chi connectivity index (χ0n) is 9.72. The van der Waals surface area contributed by atoms with Gasteiger partial charge in [-0.1, -0.05) is 26.2 Å². The van der Waals surface area contributed by atoms with Crippen molar-refractivity contribution in [3.8, 4) is 0 Å². The van der Waals surface area contributed by atoms with Crippen molar-refractivity contribution in [3.63, 3.8) is 0 Å². The molecule has 0 aromatic rings. The molecule has 2 atom stereocenters. The third-order valence-corrected chi connectivity index (χ3v) is 3.15. The quantitative estimate of drug-likeness (QED) is 0.637. The van der Waals surface area contributed by atoms with Crippen LogP contribution in [-0.4, -0.2) is 25.8 Å². The lowest BCUT2D eigenvalue weighted by molar-refractivity contribution is 0.0392. The Labute approximate surface area is 88.4 Å². The topological polar surface area (TPSA) is 21.3 Å². The number of ether oxygens (including phenoxy) is 1. The Bertz CT molecular complexity index is 138. The van der Waals surface area contributed by atoms with Crippen LogP contribution >= 0.6 is 0 Å². The van der Waals surface area contributed by atoms with E-state index in [1.807, 2.05) is 7.05 Å². The molecule has 1 fully saturated rings. The summed E-state index contributed by atoms with van der Waals surface area (Å²) in [6.45, 7) is 3.21. The smallest absolute Gasteiger partial charge is 0.0727 e. The molecule has 0 aliphatic heterocycles. The van der Waals surface area contributed by atoms with E-state index in [1.54, 1.807) is 0 Å². The van der Waals surface area contributed by atoms with E-state index in [4.69, 9.17) is 4.74 Å². The molecular weight excluding hydrogens is 174 g/mol. The second-order valence-electron chi connectivity index (χ2n) is 4.30. The minimum Gasteiger partial charge on any atom is -0.377 e. The van der Waals surface area contributed by atoms with Crippen molar-refractivity contribution in [2.75, 3.05) is 13.7 Å². The molecule has 1 saturated carbocycles. The Morgan fingerprint density at radius 2 is 2.07 bits per heavy atom. The van der Waals surface area contributed by atoms with Crippen LogP contribution < -0.4 is 5.32 Å². The molecule has 0 bridgehead atoms. The van der Waals surface area contributed by atoms with E-state index in [-0.39, 0.29) is 0 Å². The zero-order chi connectivity index (χ0) is 10.2. The lowest BCUT2D eigenvalue weighted by Gasteiger charge is -2.19. The van der Waals surface area contributed by atoms with Crippen LogP contribution in [0.3, 0.4) is 0 Å². The van der Waals surface area contributed by atoms with Gasteiger partial charge in [0, 0.05) is 12.6 Å². The van der Waals surface area contributed by atoms with Gasteiger partial charge in [-0.15, -0.1) is 0 Å². The summed E-state index contributed by atoms with van der Waals surface area (Å²) in [6, 6.07) is 0.612. The maximum atomic E-state index is 5.89. The first-order valence-electron chi connectivity index (χ1n) is 6.17.